The van der Waals surface area contributed by atoms with Crippen LogP contribution in [-0.2, 0) is 37.1 Å². The second-order valence-electron chi connectivity index (χ2n) is 10.6. The molecule has 1 aromatic carbocycles. The number of carbonyl (C=O) groups is 3. The van der Waals surface area contributed by atoms with E-state index in [9.17, 15) is 9.59 Å². The van der Waals surface area contributed by atoms with Crippen LogP contribution in [0.2, 0.25) is 0 Å². The van der Waals surface area contributed by atoms with Crippen LogP contribution in [0.1, 0.15) is 20.3 Å². The molecule has 2 aliphatic heterocycles. The van der Waals surface area contributed by atoms with Gasteiger partial charge in [0.25, 0.3) is 12.4 Å². The van der Waals surface area contributed by atoms with Crippen LogP contribution in [-0.4, -0.2) is 109 Å². The van der Waals surface area contributed by atoms with Crippen LogP contribution in [0.5, 0.6) is 5.75 Å². The highest BCUT2D eigenvalue weighted by molar-refractivity contribution is 8.15. The zero-order valence-electron chi connectivity index (χ0n) is 27.3. The number of thioether (sulfide) groups is 1. The Hall–Kier alpha value is -3.73. The Labute approximate surface area is 284 Å². The van der Waals surface area contributed by atoms with Gasteiger partial charge in [-0.1, -0.05) is 16.9 Å². The quantitative estimate of drug-likeness (QED) is 0.0360. The predicted octanol–water partition coefficient (Wildman–Crippen LogP) is 1.01. The summed E-state index contributed by atoms with van der Waals surface area (Å²) < 4.78 is 40.2. The van der Waals surface area contributed by atoms with Crippen LogP contribution in [0.15, 0.2) is 52.8 Å². The Morgan fingerprint density at radius 1 is 1.17 bits per heavy atom. The number of β-lactam (4-membered cyclic amide) rings is 1. The van der Waals surface area contributed by atoms with Crippen molar-refractivity contribution in [2.45, 2.75) is 43.9 Å². The zero-order chi connectivity index (χ0) is 36.1. The summed E-state index contributed by atoms with van der Waals surface area (Å²) in [5, 5.41) is 16.1. The number of nitrogens with zero attached hydrogens (tertiary/aromatic N) is 5. The van der Waals surface area contributed by atoms with E-state index in [-0.39, 0.29) is 24.3 Å². The van der Waals surface area contributed by atoms with Gasteiger partial charge >= 0.3 is 0 Å². The molecule has 4 rings (SSSR count). The molecule has 18 nitrogen and oxygen atoms in total. The number of oxime groups is 1. The van der Waals surface area contributed by atoms with Gasteiger partial charge < -0.3 is 36.4 Å². The van der Waals surface area contributed by atoms with Gasteiger partial charge in [0.1, 0.15) is 29.6 Å². The molecular formula is C28H45N8O10S2+. The van der Waals surface area contributed by atoms with Gasteiger partial charge in [-0.05, 0) is 51.7 Å². The lowest BCUT2D eigenvalue weighted by Gasteiger charge is -2.52. The largest absolute Gasteiger partial charge is 0.490 e. The Morgan fingerprint density at radius 3 is 2.31 bits per heavy atom. The number of nitrogens with one attached hydrogen (secondary N) is 1. The number of aldehydes is 1. The van der Waals surface area contributed by atoms with Crippen molar-refractivity contribution in [3.05, 3.63) is 47.6 Å². The molecule has 0 spiro atoms. The molecule has 2 unspecified atom stereocenters. The van der Waals surface area contributed by atoms with Crippen molar-refractivity contribution in [2.24, 2.45) is 23.7 Å². The van der Waals surface area contributed by atoms with Crippen LogP contribution in [0.4, 0.5) is 0 Å². The Bertz CT molecular complexity index is 1420. The van der Waals surface area contributed by atoms with Crippen LogP contribution in [0.3, 0.4) is 0 Å². The summed E-state index contributed by atoms with van der Waals surface area (Å²) in [6, 6.07) is 9.51. The highest BCUT2D eigenvalue weighted by atomic mass is 32.3. The third kappa shape index (κ3) is 10.9. The molecule has 1 fully saturated rings. The second kappa shape index (κ2) is 18.7. The summed E-state index contributed by atoms with van der Waals surface area (Å²) in [5.74, 6) is 0.282. The number of nitrogens with two attached hydrogens (primary N) is 2. The highest BCUT2D eigenvalue weighted by Gasteiger charge is 2.56. The van der Waals surface area contributed by atoms with Crippen LogP contribution in [0.25, 0.3) is 11.3 Å². The predicted molar refractivity (Wildman–Crippen MR) is 180 cm³/mol. The van der Waals surface area contributed by atoms with Gasteiger partial charge in [-0.15, -0.1) is 8.97 Å². The van der Waals surface area contributed by atoms with E-state index in [0.717, 1.165) is 35.0 Å². The molecule has 20 heteroatoms. The lowest BCUT2D eigenvalue weighted by molar-refractivity contribution is -0.772. The van der Waals surface area contributed by atoms with Crippen LogP contribution >= 0.6 is 22.9 Å². The third-order valence-corrected chi connectivity index (χ3v) is 8.38. The second-order valence-corrected chi connectivity index (χ2v) is 12.7. The smallest absolute Gasteiger partial charge is 0.290 e. The van der Waals surface area contributed by atoms with Crippen molar-refractivity contribution < 1.29 is 51.7 Å². The summed E-state index contributed by atoms with van der Waals surface area (Å²) in [4.78, 5) is 38.0. The van der Waals surface area contributed by atoms with Gasteiger partial charge in [-0.25, -0.2) is 0 Å². The molecule has 268 valence electrons. The molecule has 2 aromatic rings. The van der Waals surface area contributed by atoms with E-state index in [1.54, 1.807) is 38.3 Å². The topological polar surface area (TPSA) is 252 Å². The first-order valence-electron chi connectivity index (χ1n) is 14.4. The molecule has 1 saturated heterocycles. The standard InChI is InChI=1S/C21H29N6O3S.C6H14N2O5S.CH2O2/c1-25-20(15-31-21(25)23)18(14-28)24-30-13-12-29-17-6-4-16(5-7-17)19-8-11-27(26(19)2)10-3-9-22;1-6(2)4(7-3)5(9)8(6)13-14(10,11)12;2-1-3/h4-8,11,14-15,21H,3,9-10,12-13,22-23H2,1-2H3;4,7,10-12H,1-3H3;1H,(H,2,3)/q+1;;/b24-18+;;. The van der Waals surface area contributed by atoms with Gasteiger partial charge in [-0.3, -0.25) is 28.0 Å². The molecule has 9 N–H and O–H groups in total. The number of hydrogen-bond donors (Lipinski definition) is 7. The minimum absolute atomic E-state index is 0.207. The number of amides is 1. The average Bonchev–Trinajstić information content (AvgIpc) is 3.57. The van der Waals surface area contributed by atoms with Crippen molar-refractivity contribution in [1.29, 1.82) is 0 Å². The lowest BCUT2D eigenvalue weighted by atomic mass is 9.85. The number of aryl methyl sites for hydroxylation is 1. The maximum Gasteiger partial charge on any atom is 0.290 e. The number of allylic oxidation sites excluding steroid dienone is 1. The molecule has 1 aromatic heterocycles. The van der Waals surface area contributed by atoms with E-state index < -0.39 is 28.6 Å². The number of carbonyl (C=O) groups excluding carboxylic acids is 2. The fourth-order valence-corrected chi connectivity index (χ4v) is 5.89. The fourth-order valence-electron chi connectivity index (χ4n) is 4.58. The Kier molecular flexibility index (Phi) is 15.8. The van der Waals surface area contributed by atoms with Crippen molar-refractivity contribution in [1.82, 2.24) is 20.0 Å². The molecule has 2 atom stereocenters. The summed E-state index contributed by atoms with van der Waals surface area (Å²) in [6.45, 7) is 5.17. The van der Waals surface area contributed by atoms with Crippen molar-refractivity contribution >= 4 is 47.3 Å². The molecular weight excluding hydrogens is 672 g/mol. The molecule has 0 radical (unpaired) electrons. The van der Waals surface area contributed by atoms with Gasteiger partial charge in [0, 0.05) is 30.5 Å². The number of aromatic nitrogens is 2. The first kappa shape index (κ1) is 40.4. The molecule has 1 amide bonds. The number of hydroxylamine groups is 2. The van der Waals surface area contributed by atoms with Crippen LogP contribution in [0, 0.1) is 0 Å². The summed E-state index contributed by atoms with van der Waals surface area (Å²) in [6.07, 6.45) is 3.66. The van der Waals surface area contributed by atoms with E-state index in [2.05, 4.69) is 36.4 Å². The zero-order valence-corrected chi connectivity index (χ0v) is 29.0. The molecule has 0 aliphatic carbocycles. The van der Waals surface area contributed by atoms with E-state index in [1.807, 2.05) is 31.3 Å². The fraction of sp³-hybridized carbons (Fsp3) is 0.464. The van der Waals surface area contributed by atoms with E-state index in [1.165, 1.54) is 11.8 Å². The summed E-state index contributed by atoms with van der Waals surface area (Å²) >= 11 is -2.73. The Morgan fingerprint density at radius 2 is 1.81 bits per heavy atom. The minimum Gasteiger partial charge on any atom is -0.490 e. The lowest BCUT2D eigenvalue weighted by Crippen LogP contribution is -2.75. The normalized spacial score (nSPS) is 18.8. The average molecular weight is 718 g/mol. The monoisotopic (exact) mass is 717 g/mol. The summed E-state index contributed by atoms with van der Waals surface area (Å²) in [5.41, 5.74) is 13.6. The minimum atomic E-state index is -4.14. The molecule has 2 aliphatic rings. The number of rotatable bonds is 14. The number of likely N-dealkylation sites (N-methyl/N-ethyl adjacent to an activating group) is 1. The number of hydrogen-bond acceptors (Lipinski definition) is 15. The van der Waals surface area contributed by atoms with Crippen molar-refractivity contribution in [3.63, 3.8) is 0 Å². The van der Waals surface area contributed by atoms with Gasteiger partial charge in [0.15, 0.2) is 31.3 Å². The van der Waals surface area contributed by atoms with E-state index in [4.69, 9.17) is 44.6 Å². The molecule has 0 bridgehead atoms. The number of carboxylic acid groups (broad SMARTS) is 1. The van der Waals surface area contributed by atoms with E-state index in [0.29, 0.717) is 25.1 Å². The SMILES string of the molecule is CN1C(/C(C=O)=N/OCCOc2ccc(-c3cc[n+](CCCN)n3C)cc2)=CSC1N.CNC1C(=O)N(OS(O)(O)O)C1(C)C.O=CO. The third-order valence-electron chi connectivity index (χ3n) is 7.08. The first-order valence-corrected chi connectivity index (χ1v) is 16.8. The van der Waals surface area contributed by atoms with E-state index >= 15 is 0 Å². The number of benzene rings is 1. The molecule has 3 heterocycles. The molecule has 0 saturated carbocycles. The van der Waals surface area contributed by atoms with Gasteiger partial charge in [0.2, 0.25) is 11.2 Å². The Balaban J connectivity index is 0.000000392. The van der Waals surface area contributed by atoms with Crippen LogP contribution < -0.4 is 26.2 Å². The highest BCUT2D eigenvalue weighted by Crippen LogP contribution is 2.43. The van der Waals surface area contributed by atoms with Gasteiger partial charge in [-0.2, -0.15) is 9.75 Å². The van der Waals surface area contributed by atoms with Crippen molar-refractivity contribution in [2.75, 3.05) is 33.9 Å². The van der Waals surface area contributed by atoms with Gasteiger partial charge in [0.05, 0.1) is 18.3 Å². The molecule has 48 heavy (non-hydrogen) atoms. The maximum absolute atomic E-state index is 11.3. The maximum atomic E-state index is 11.3. The summed E-state index contributed by atoms with van der Waals surface area (Å²) in [7, 11) is 5.45. The first-order chi connectivity index (χ1) is 22.7. The van der Waals surface area contributed by atoms with Crippen molar-refractivity contribution in [3.8, 4) is 17.0 Å². The number of ether oxygens (including phenoxy) is 1.